The molecule has 7 heteroatoms. The van der Waals surface area contributed by atoms with Crippen molar-refractivity contribution in [2.75, 3.05) is 31.1 Å². The van der Waals surface area contributed by atoms with E-state index in [1.54, 1.807) is 0 Å². The number of amides is 1. The van der Waals surface area contributed by atoms with Crippen LogP contribution in [0.4, 0.5) is 5.69 Å². The van der Waals surface area contributed by atoms with Gasteiger partial charge in [-0.25, -0.2) is 0 Å². The molecule has 2 saturated heterocycles. The molecule has 196 valence electrons. The Morgan fingerprint density at radius 1 is 1.00 bits per heavy atom. The van der Waals surface area contributed by atoms with Crippen molar-refractivity contribution in [3.63, 3.8) is 0 Å². The first-order valence-corrected chi connectivity index (χ1v) is 13.5. The average molecular weight is 511 g/mol. The van der Waals surface area contributed by atoms with E-state index in [0.717, 1.165) is 63.1 Å². The number of carbonyl (C=O) groups is 1. The highest BCUT2D eigenvalue weighted by atomic mass is 16.5. The van der Waals surface area contributed by atoms with Crippen molar-refractivity contribution in [3.05, 3.63) is 89.9 Å². The Morgan fingerprint density at radius 2 is 1.79 bits per heavy atom. The third-order valence-electron chi connectivity index (χ3n) is 7.62. The molecule has 0 saturated carbocycles. The average Bonchev–Trinajstić information content (AvgIpc) is 3.57. The number of nitrogens with one attached hydrogen (secondary N) is 1. The van der Waals surface area contributed by atoms with Gasteiger partial charge in [-0.3, -0.25) is 14.7 Å². The largest absolute Gasteiger partial charge is 0.490 e. The number of nitrogens with zero attached hydrogens (tertiary/aromatic N) is 3. The van der Waals surface area contributed by atoms with Crippen molar-refractivity contribution < 1.29 is 13.9 Å². The van der Waals surface area contributed by atoms with Crippen molar-refractivity contribution in [2.24, 2.45) is 0 Å². The zero-order valence-electron chi connectivity index (χ0n) is 21.8. The van der Waals surface area contributed by atoms with Crippen LogP contribution in [0, 0.1) is 6.92 Å². The number of furan rings is 1. The maximum Gasteiger partial charge on any atom is 0.287 e. The van der Waals surface area contributed by atoms with Gasteiger partial charge in [0.05, 0.1) is 0 Å². The van der Waals surface area contributed by atoms with E-state index in [1.807, 2.05) is 48.8 Å². The maximum atomic E-state index is 12.9. The van der Waals surface area contributed by atoms with Gasteiger partial charge in [-0.2, -0.15) is 0 Å². The molecule has 7 nitrogen and oxygen atoms in total. The zero-order chi connectivity index (χ0) is 25.9. The molecule has 2 aromatic heterocycles. The van der Waals surface area contributed by atoms with Gasteiger partial charge < -0.3 is 19.4 Å². The second-order valence-electron chi connectivity index (χ2n) is 10.5. The third-order valence-corrected chi connectivity index (χ3v) is 7.62. The normalized spacial score (nSPS) is 18.7. The predicted molar refractivity (Wildman–Crippen MR) is 149 cm³/mol. The Morgan fingerprint density at radius 3 is 2.58 bits per heavy atom. The van der Waals surface area contributed by atoms with Gasteiger partial charge in [0.25, 0.3) is 5.91 Å². The van der Waals surface area contributed by atoms with Crippen LogP contribution in [0.25, 0.3) is 11.0 Å². The van der Waals surface area contributed by atoms with Crippen molar-refractivity contribution >= 4 is 22.6 Å². The third kappa shape index (κ3) is 5.68. The van der Waals surface area contributed by atoms with E-state index in [9.17, 15) is 4.79 Å². The molecule has 4 heterocycles. The van der Waals surface area contributed by atoms with Gasteiger partial charge in [-0.1, -0.05) is 17.7 Å². The number of hydrogen-bond acceptors (Lipinski definition) is 6. The Balaban J connectivity index is 1.02. The minimum atomic E-state index is -0.164. The van der Waals surface area contributed by atoms with Crippen molar-refractivity contribution in [2.45, 2.75) is 44.9 Å². The predicted octanol–water partition coefficient (Wildman–Crippen LogP) is 5.19. The van der Waals surface area contributed by atoms with Crippen LogP contribution >= 0.6 is 0 Å². The fourth-order valence-electron chi connectivity index (χ4n) is 5.48. The number of pyridine rings is 1. The van der Waals surface area contributed by atoms with Crippen LogP contribution in [0.5, 0.6) is 5.75 Å². The van der Waals surface area contributed by atoms with Crippen LogP contribution < -0.4 is 15.0 Å². The Bertz CT molecular complexity index is 1380. The van der Waals surface area contributed by atoms with Gasteiger partial charge >= 0.3 is 0 Å². The molecular weight excluding hydrogens is 476 g/mol. The maximum absolute atomic E-state index is 12.9. The highest BCUT2D eigenvalue weighted by Crippen LogP contribution is 2.28. The van der Waals surface area contributed by atoms with Gasteiger partial charge in [-0.15, -0.1) is 0 Å². The Labute approximate surface area is 223 Å². The first-order chi connectivity index (χ1) is 18.6. The fraction of sp³-hybridized carbons (Fsp3) is 0.355. The summed E-state index contributed by atoms with van der Waals surface area (Å²) in [5.74, 6) is 1.00. The van der Waals surface area contributed by atoms with E-state index in [2.05, 4.69) is 51.3 Å². The summed E-state index contributed by atoms with van der Waals surface area (Å²) in [6.45, 7) is 6.73. The number of benzene rings is 2. The summed E-state index contributed by atoms with van der Waals surface area (Å²) < 4.78 is 12.2. The number of piperidine rings is 1. The van der Waals surface area contributed by atoms with Crippen LogP contribution in [0.3, 0.4) is 0 Å². The molecule has 0 bridgehead atoms. The van der Waals surface area contributed by atoms with Crippen molar-refractivity contribution in [1.82, 2.24) is 15.2 Å². The fourth-order valence-corrected chi connectivity index (χ4v) is 5.48. The molecule has 38 heavy (non-hydrogen) atoms. The van der Waals surface area contributed by atoms with Crippen LogP contribution in [0.1, 0.15) is 40.9 Å². The number of carbonyl (C=O) groups excluding carboxylic acids is 1. The van der Waals surface area contributed by atoms with Gasteiger partial charge in [0.2, 0.25) is 0 Å². The summed E-state index contributed by atoms with van der Waals surface area (Å²) in [6.07, 6.45) is 6.70. The van der Waals surface area contributed by atoms with E-state index in [-0.39, 0.29) is 18.1 Å². The molecule has 0 radical (unpaired) electrons. The second-order valence-corrected chi connectivity index (χ2v) is 10.5. The second kappa shape index (κ2) is 10.9. The molecule has 0 unspecified atom stereocenters. The molecule has 2 fully saturated rings. The lowest BCUT2D eigenvalue weighted by atomic mass is 10.1. The highest BCUT2D eigenvalue weighted by molar-refractivity contribution is 5.96. The molecule has 1 atom stereocenters. The van der Waals surface area contributed by atoms with Gasteiger partial charge in [0.1, 0.15) is 17.4 Å². The molecule has 6 rings (SSSR count). The summed E-state index contributed by atoms with van der Waals surface area (Å²) in [7, 11) is 0. The Hall–Kier alpha value is -3.84. The number of ether oxygens (including phenoxy) is 1. The molecular formula is C31H34N4O3. The summed E-state index contributed by atoms with van der Waals surface area (Å²) >= 11 is 0. The number of likely N-dealkylation sites (tertiary alicyclic amines) is 1. The summed E-state index contributed by atoms with van der Waals surface area (Å²) in [4.78, 5) is 21.8. The van der Waals surface area contributed by atoms with Gasteiger partial charge in [-0.05, 0) is 67.4 Å². The van der Waals surface area contributed by atoms with Crippen molar-refractivity contribution in [3.8, 4) is 5.75 Å². The number of aromatic nitrogens is 1. The number of anilines is 1. The minimum Gasteiger partial charge on any atom is -0.490 e. The highest BCUT2D eigenvalue weighted by Gasteiger charge is 2.26. The topological polar surface area (TPSA) is 70.8 Å². The quantitative estimate of drug-likeness (QED) is 0.369. The van der Waals surface area contributed by atoms with Crippen LogP contribution in [-0.2, 0) is 6.54 Å². The van der Waals surface area contributed by atoms with E-state index in [0.29, 0.717) is 11.3 Å². The van der Waals surface area contributed by atoms with Gasteiger partial charge in [0, 0.05) is 75.1 Å². The molecule has 1 amide bonds. The zero-order valence-corrected chi connectivity index (χ0v) is 21.8. The SMILES string of the molecule is Cc1ccc(N2CCC(Oc3ccc4oc(C(=O)N[C@@H]5CCN(Cc6ccncc6)C5)cc4c3)CC2)cc1. The van der Waals surface area contributed by atoms with E-state index in [4.69, 9.17) is 9.15 Å². The lowest BCUT2D eigenvalue weighted by Crippen LogP contribution is -2.38. The first kappa shape index (κ1) is 24.5. The molecule has 2 aliphatic heterocycles. The summed E-state index contributed by atoms with van der Waals surface area (Å²) in [5.41, 5.74) is 4.49. The molecule has 0 spiro atoms. The van der Waals surface area contributed by atoms with E-state index >= 15 is 0 Å². The lowest BCUT2D eigenvalue weighted by molar-refractivity contribution is 0.0912. The van der Waals surface area contributed by atoms with Crippen LogP contribution in [0.2, 0.25) is 0 Å². The van der Waals surface area contributed by atoms with Gasteiger partial charge in [0.15, 0.2) is 5.76 Å². The van der Waals surface area contributed by atoms with E-state index in [1.165, 1.54) is 16.8 Å². The molecule has 0 aliphatic carbocycles. The number of fused-ring (bicyclic) bond motifs is 1. The number of rotatable bonds is 7. The van der Waals surface area contributed by atoms with Crippen molar-refractivity contribution in [1.29, 1.82) is 0 Å². The minimum absolute atomic E-state index is 0.113. The standard InChI is InChI=1S/C31H34N4O3/c1-22-2-4-26(5-3-22)35-16-11-27(12-17-35)37-28-6-7-29-24(18-28)19-30(38-29)31(36)33-25-10-15-34(21-25)20-23-8-13-32-14-9-23/h2-9,13-14,18-19,25,27H,10-12,15-17,20-21H2,1H3,(H,33,36)/t25-/m1/s1. The number of hydrogen-bond donors (Lipinski definition) is 1. The molecule has 1 N–H and O–H groups in total. The van der Waals surface area contributed by atoms with Crippen LogP contribution in [0.15, 0.2) is 77.5 Å². The first-order valence-electron chi connectivity index (χ1n) is 13.5. The summed E-state index contributed by atoms with van der Waals surface area (Å²) in [6, 6.07) is 20.5. The molecule has 2 aliphatic rings. The van der Waals surface area contributed by atoms with E-state index < -0.39 is 0 Å². The monoisotopic (exact) mass is 510 g/mol. The van der Waals surface area contributed by atoms with Crippen LogP contribution in [-0.4, -0.2) is 54.1 Å². The molecule has 4 aromatic rings. The number of aryl methyl sites for hydroxylation is 1. The smallest absolute Gasteiger partial charge is 0.287 e. The molecule has 2 aromatic carbocycles. The lowest BCUT2D eigenvalue weighted by Gasteiger charge is -2.33. The Kier molecular flexibility index (Phi) is 7.01. The summed E-state index contributed by atoms with van der Waals surface area (Å²) in [5, 5.41) is 4.03.